The number of ether oxygens (including phenoxy) is 2. The predicted molar refractivity (Wildman–Crippen MR) is 96.9 cm³/mol. The van der Waals surface area contributed by atoms with Gasteiger partial charge in [-0.15, -0.1) is 0 Å². The van der Waals surface area contributed by atoms with Crippen molar-refractivity contribution < 1.29 is 24.2 Å². The van der Waals surface area contributed by atoms with Crippen LogP contribution < -0.4 is 10.1 Å². The Hall–Kier alpha value is -2.28. The van der Waals surface area contributed by atoms with Gasteiger partial charge in [0, 0.05) is 13.1 Å². The van der Waals surface area contributed by atoms with E-state index >= 15 is 0 Å². The Morgan fingerprint density at radius 2 is 1.81 bits per heavy atom. The summed E-state index contributed by atoms with van der Waals surface area (Å²) in [5, 5.41) is 11.5. The van der Waals surface area contributed by atoms with Crippen molar-refractivity contribution in [1.82, 2.24) is 10.2 Å². The lowest BCUT2D eigenvalue weighted by Gasteiger charge is -2.26. The van der Waals surface area contributed by atoms with Crippen LogP contribution in [0.25, 0.3) is 0 Å². The van der Waals surface area contributed by atoms with Crippen LogP contribution in [-0.4, -0.2) is 53.9 Å². The summed E-state index contributed by atoms with van der Waals surface area (Å²) in [5.74, 6) is 0.449. The van der Waals surface area contributed by atoms with E-state index in [2.05, 4.69) is 5.32 Å². The number of alkyl carbamates (subject to hydrolysis) is 1. The molecule has 144 valence electrons. The van der Waals surface area contributed by atoms with Gasteiger partial charge < -0.3 is 24.8 Å². The van der Waals surface area contributed by atoms with Crippen LogP contribution in [0.2, 0.25) is 0 Å². The van der Waals surface area contributed by atoms with E-state index in [1.165, 1.54) is 0 Å². The molecule has 2 N–H and O–H groups in total. The van der Waals surface area contributed by atoms with Gasteiger partial charge in [0.15, 0.2) is 0 Å². The maximum Gasteiger partial charge on any atom is 0.408 e. The Morgan fingerprint density at radius 3 is 2.35 bits per heavy atom. The van der Waals surface area contributed by atoms with Crippen LogP contribution in [0.15, 0.2) is 24.3 Å². The summed E-state index contributed by atoms with van der Waals surface area (Å²) in [6.45, 7) is 6.85. The first-order valence-electron chi connectivity index (χ1n) is 8.92. The fourth-order valence-electron chi connectivity index (χ4n) is 2.75. The standard InChI is InChI=1S/C19H28N2O5/c1-19(2,3)26-18(24)20-16(17(23)21-10-4-5-11-21)14-6-8-15(9-7-14)25-13-12-22/h6-9,16,22H,4-5,10-13H2,1-3H3,(H,20,24). The number of nitrogens with one attached hydrogen (secondary N) is 1. The van der Waals surface area contributed by atoms with Gasteiger partial charge in [-0.05, 0) is 51.3 Å². The van der Waals surface area contributed by atoms with Gasteiger partial charge in [0.2, 0.25) is 5.91 Å². The summed E-state index contributed by atoms with van der Waals surface area (Å²) in [7, 11) is 0. The first kappa shape index (κ1) is 20.0. The zero-order chi connectivity index (χ0) is 19.2. The number of aliphatic hydroxyl groups excluding tert-OH is 1. The summed E-state index contributed by atoms with van der Waals surface area (Å²) in [6, 6.07) is 6.10. The van der Waals surface area contributed by atoms with E-state index < -0.39 is 17.7 Å². The molecule has 2 amide bonds. The van der Waals surface area contributed by atoms with Gasteiger partial charge in [0.05, 0.1) is 6.61 Å². The topological polar surface area (TPSA) is 88.1 Å². The number of aliphatic hydroxyl groups is 1. The molecule has 1 fully saturated rings. The summed E-state index contributed by atoms with van der Waals surface area (Å²) < 4.78 is 10.6. The zero-order valence-corrected chi connectivity index (χ0v) is 15.7. The molecule has 0 radical (unpaired) electrons. The van der Waals surface area contributed by atoms with E-state index in [9.17, 15) is 9.59 Å². The fourth-order valence-corrected chi connectivity index (χ4v) is 2.75. The number of carbonyl (C=O) groups excluding carboxylic acids is 2. The second kappa shape index (κ2) is 8.89. The van der Waals surface area contributed by atoms with E-state index in [4.69, 9.17) is 14.6 Å². The van der Waals surface area contributed by atoms with Gasteiger partial charge >= 0.3 is 6.09 Å². The molecule has 1 heterocycles. The zero-order valence-electron chi connectivity index (χ0n) is 15.7. The van der Waals surface area contributed by atoms with Crippen LogP contribution in [0, 0.1) is 0 Å². The highest BCUT2D eigenvalue weighted by Crippen LogP contribution is 2.22. The minimum absolute atomic E-state index is 0.0714. The fraction of sp³-hybridized carbons (Fsp3) is 0.579. The third-order valence-electron chi connectivity index (χ3n) is 3.90. The molecule has 0 spiro atoms. The highest BCUT2D eigenvalue weighted by atomic mass is 16.6. The van der Waals surface area contributed by atoms with Gasteiger partial charge in [-0.25, -0.2) is 4.79 Å². The lowest BCUT2D eigenvalue weighted by Crippen LogP contribution is -2.43. The van der Waals surface area contributed by atoms with Crippen molar-refractivity contribution in [2.24, 2.45) is 0 Å². The average molecular weight is 364 g/mol. The van der Waals surface area contributed by atoms with Crippen LogP contribution in [0.1, 0.15) is 45.2 Å². The van der Waals surface area contributed by atoms with Crippen molar-refractivity contribution in [3.8, 4) is 5.75 Å². The number of carbonyl (C=O) groups is 2. The number of likely N-dealkylation sites (tertiary alicyclic amines) is 1. The molecule has 1 aromatic rings. The summed E-state index contributed by atoms with van der Waals surface area (Å²) in [4.78, 5) is 26.9. The molecule has 0 aromatic heterocycles. The van der Waals surface area contributed by atoms with E-state index in [0.717, 1.165) is 12.8 Å². The second-order valence-corrected chi connectivity index (χ2v) is 7.25. The van der Waals surface area contributed by atoms with Gasteiger partial charge in [0.1, 0.15) is 24.0 Å². The van der Waals surface area contributed by atoms with Gasteiger partial charge in [0.25, 0.3) is 0 Å². The lowest BCUT2D eigenvalue weighted by molar-refractivity contribution is -0.132. The van der Waals surface area contributed by atoms with Gasteiger partial charge in [-0.1, -0.05) is 12.1 Å². The smallest absolute Gasteiger partial charge is 0.408 e. The SMILES string of the molecule is CC(C)(C)OC(=O)NC(C(=O)N1CCCC1)c1ccc(OCCO)cc1. The molecule has 1 aliphatic heterocycles. The highest BCUT2D eigenvalue weighted by molar-refractivity contribution is 5.87. The average Bonchev–Trinajstić information content (AvgIpc) is 3.11. The Kier molecular flexibility index (Phi) is 6.85. The number of hydrogen-bond donors (Lipinski definition) is 2. The molecule has 0 aliphatic carbocycles. The summed E-state index contributed by atoms with van der Waals surface area (Å²) in [6.07, 6.45) is 1.31. The first-order chi connectivity index (χ1) is 12.3. The number of rotatable bonds is 6. The first-order valence-corrected chi connectivity index (χ1v) is 8.92. The van der Waals surface area contributed by atoms with Gasteiger partial charge in [-0.2, -0.15) is 0 Å². The van der Waals surface area contributed by atoms with Crippen molar-refractivity contribution in [3.05, 3.63) is 29.8 Å². The van der Waals surface area contributed by atoms with E-state index in [0.29, 0.717) is 24.4 Å². The molecule has 1 aliphatic rings. The second-order valence-electron chi connectivity index (χ2n) is 7.25. The lowest BCUT2D eigenvalue weighted by atomic mass is 10.1. The molecule has 0 bridgehead atoms. The van der Waals surface area contributed by atoms with E-state index in [1.807, 2.05) is 0 Å². The van der Waals surface area contributed by atoms with Crippen molar-refractivity contribution in [2.45, 2.75) is 45.3 Å². The molecular formula is C19H28N2O5. The largest absolute Gasteiger partial charge is 0.491 e. The van der Waals surface area contributed by atoms with E-state index in [1.54, 1.807) is 49.9 Å². The molecule has 2 rings (SSSR count). The molecule has 1 atom stereocenters. The van der Waals surface area contributed by atoms with Crippen molar-refractivity contribution in [1.29, 1.82) is 0 Å². The highest BCUT2D eigenvalue weighted by Gasteiger charge is 2.30. The minimum Gasteiger partial charge on any atom is -0.491 e. The third-order valence-corrected chi connectivity index (χ3v) is 3.90. The van der Waals surface area contributed by atoms with Crippen LogP contribution >= 0.6 is 0 Å². The number of benzene rings is 1. The molecule has 7 heteroatoms. The molecule has 1 unspecified atom stereocenters. The van der Waals surface area contributed by atoms with Crippen molar-refractivity contribution >= 4 is 12.0 Å². The molecule has 1 saturated heterocycles. The Morgan fingerprint density at radius 1 is 1.19 bits per heavy atom. The Balaban J connectivity index is 2.16. The molecule has 7 nitrogen and oxygen atoms in total. The Bertz CT molecular complexity index is 603. The normalized spacial score (nSPS) is 15.5. The maximum atomic E-state index is 12.9. The maximum absolute atomic E-state index is 12.9. The molecule has 0 saturated carbocycles. The van der Waals surface area contributed by atoms with Crippen LogP contribution in [0.5, 0.6) is 5.75 Å². The quantitative estimate of drug-likeness (QED) is 0.808. The predicted octanol–water partition coefficient (Wildman–Crippen LogP) is 2.25. The summed E-state index contributed by atoms with van der Waals surface area (Å²) >= 11 is 0. The van der Waals surface area contributed by atoms with Crippen LogP contribution in [0.4, 0.5) is 4.79 Å². The third kappa shape index (κ3) is 5.91. The monoisotopic (exact) mass is 364 g/mol. The van der Waals surface area contributed by atoms with Crippen LogP contribution in [-0.2, 0) is 9.53 Å². The molecule has 1 aromatic carbocycles. The Labute approximate surface area is 154 Å². The molecular weight excluding hydrogens is 336 g/mol. The minimum atomic E-state index is -0.810. The van der Waals surface area contributed by atoms with Crippen LogP contribution in [0.3, 0.4) is 0 Å². The number of amides is 2. The van der Waals surface area contributed by atoms with Crippen molar-refractivity contribution in [2.75, 3.05) is 26.3 Å². The van der Waals surface area contributed by atoms with E-state index in [-0.39, 0.29) is 19.1 Å². The van der Waals surface area contributed by atoms with Gasteiger partial charge in [-0.3, -0.25) is 4.79 Å². The molecule has 26 heavy (non-hydrogen) atoms. The van der Waals surface area contributed by atoms with Crippen molar-refractivity contribution in [3.63, 3.8) is 0 Å². The summed E-state index contributed by atoms with van der Waals surface area (Å²) in [5.41, 5.74) is 0.0111. The number of nitrogens with zero attached hydrogens (tertiary/aromatic N) is 1. The number of hydrogen-bond acceptors (Lipinski definition) is 5.